The SMILES string of the molecule is Cc1csc(-c2sc(-c3sc(-c4sc(-c5scc(C)c5C)c(C)c4C)c(C)c3C)c(C)c2C)c1C. The summed E-state index contributed by atoms with van der Waals surface area (Å²) in [6.45, 7) is 22.9. The summed E-state index contributed by atoms with van der Waals surface area (Å²) in [7, 11) is 0. The molecule has 0 saturated heterocycles. The maximum Gasteiger partial charge on any atom is 0.0484 e. The van der Waals surface area contributed by atoms with E-state index in [1.807, 2.05) is 56.7 Å². The minimum Gasteiger partial charge on any atom is -0.142 e. The molecule has 5 aromatic rings. The van der Waals surface area contributed by atoms with Crippen LogP contribution in [0.25, 0.3) is 39.0 Å². The van der Waals surface area contributed by atoms with Gasteiger partial charge in [0.25, 0.3) is 0 Å². The summed E-state index contributed by atoms with van der Waals surface area (Å²) in [5.41, 5.74) is 14.3. The Hall–Kier alpha value is -1.50. The van der Waals surface area contributed by atoms with Crippen LogP contribution in [0.2, 0.25) is 0 Å². The lowest BCUT2D eigenvalue weighted by Crippen LogP contribution is -1.81. The lowest BCUT2D eigenvalue weighted by molar-refractivity contribution is 1.36. The molecule has 5 aromatic heterocycles. The van der Waals surface area contributed by atoms with Gasteiger partial charge < -0.3 is 0 Å². The average Bonchev–Trinajstić information content (AvgIpc) is 3.58. The molecule has 0 nitrogen and oxygen atoms in total. The molecule has 0 aliphatic rings. The minimum atomic E-state index is 1.40. The maximum atomic E-state index is 2.32. The first-order chi connectivity index (χ1) is 16.5. The Morgan fingerprint density at radius 2 is 0.543 bits per heavy atom. The van der Waals surface area contributed by atoms with Crippen molar-refractivity contribution in [2.45, 2.75) is 69.2 Å². The molecule has 0 radical (unpaired) electrons. The highest BCUT2D eigenvalue weighted by molar-refractivity contribution is 7.30. The molecular formula is C30H32S5. The fourth-order valence-electron chi connectivity index (χ4n) is 4.54. The number of rotatable bonds is 4. The van der Waals surface area contributed by atoms with Gasteiger partial charge in [-0.2, -0.15) is 0 Å². The van der Waals surface area contributed by atoms with Crippen LogP contribution in [0.5, 0.6) is 0 Å². The molecular weight excluding hydrogens is 521 g/mol. The molecule has 0 fully saturated rings. The standard InChI is InChI=1S/C30H32S5/c1-13-11-31-23(15(13)3)25-17(5)19(7)27(33-25)29-21(9)22(10)30(35-29)28-20(8)18(6)26(34-28)24-16(4)14(2)12-32-24/h11-12H,1-10H3. The van der Waals surface area contributed by atoms with Crippen LogP contribution in [-0.4, -0.2) is 0 Å². The summed E-state index contributed by atoms with van der Waals surface area (Å²) in [5, 5.41) is 4.60. The molecule has 0 spiro atoms. The lowest BCUT2D eigenvalue weighted by Gasteiger charge is -1.99. The van der Waals surface area contributed by atoms with Crippen LogP contribution in [-0.2, 0) is 0 Å². The molecule has 35 heavy (non-hydrogen) atoms. The van der Waals surface area contributed by atoms with Crippen molar-refractivity contribution in [1.82, 2.24) is 0 Å². The third kappa shape index (κ3) is 3.86. The molecule has 5 rings (SSSR count). The second-order valence-corrected chi connectivity index (χ2v) is 14.6. The maximum absolute atomic E-state index is 2.32. The van der Waals surface area contributed by atoms with E-state index >= 15 is 0 Å². The molecule has 0 saturated carbocycles. The monoisotopic (exact) mass is 552 g/mol. The van der Waals surface area contributed by atoms with Gasteiger partial charge in [-0.25, -0.2) is 0 Å². The van der Waals surface area contributed by atoms with Crippen molar-refractivity contribution in [2.75, 3.05) is 0 Å². The highest BCUT2D eigenvalue weighted by atomic mass is 32.1. The van der Waals surface area contributed by atoms with E-state index in [2.05, 4.69) is 80.0 Å². The van der Waals surface area contributed by atoms with Gasteiger partial charge in [-0.1, -0.05) is 0 Å². The van der Waals surface area contributed by atoms with Gasteiger partial charge in [-0.3, -0.25) is 0 Å². The zero-order valence-corrected chi connectivity index (χ0v) is 26.3. The number of thiophene rings is 5. The average molecular weight is 553 g/mol. The topological polar surface area (TPSA) is 0 Å². The van der Waals surface area contributed by atoms with Gasteiger partial charge in [0.1, 0.15) is 0 Å². The van der Waals surface area contributed by atoms with Crippen molar-refractivity contribution in [2.24, 2.45) is 0 Å². The molecule has 0 N–H and O–H groups in total. The van der Waals surface area contributed by atoms with E-state index in [9.17, 15) is 0 Å². The van der Waals surface area contributed by atoms with E-state index in [4.69, 9.17) is 0 Å². The van der Waals surface area contributed by atoms with E-state index < -0.39 is 0 Å². The first-order valence-corrected chi connectivity index (χ1v) is 16.1. The van der Waals surface area contributed by atoms with E-state index in [-0.39, 0.29) is 0 Å². The molecule has 5 heterocycles. The molecule has 0 bridgehead atoms. The summed E-state index contributed by atoms with van der Waals surface area (Å²) in [6.07, 6.45) is 0. The fourth-order valence-corrected chi connectivity index (χ4v) is 11.6. The predicted octanol–water partition coefficient (Wildman–Crippen LogP) is 11.7. The lowest BCUT2D eigenvalue weighted by atomic mass is 10.0. The van der Waals surface area contributed by atoms with Crippen molar-refractivity contribution in [1.29, 1.82) is 0 Å². The fraction of sp³-hybridized carbons (Fsp3) is 0.333. The molecule has 0 aliphatic heterocycles. The Morgan fingerprint density at radius 3 is 0.743 bits per heavy atom. The summed E-state index contributed by atoms with van der Waals surface area (Å²) in [6, 6.07) is 0. The molecule has 0 amide bonds. The predicted molar refractivity (Wildman–Crippen MR) is 165 cm³/mol. The normalized spacial score (nSPS) is 11.7. The Bertz CT molecular complexity index is 1470. The molecule has 0 unspecified atom stereocenters. The second kappa shape index (κ2) is 9.11. The first kappa shape index (κ1) is 25.2. The summed E-state index contributed by atoms with van der Waals surface area (Å²) in [5.74, 6) is 0. The van der Waals surface area contributed by atoms with Gasteiger partial charge in [0.05, 0.1) is 0 Å². The summed E-state index contributed by atoms with van der Waals surface area (Å²) < 4.78 is 0. The molecule has 0 aromatic carbocycles. The molecule has 0 aliphatic carbocycles. The quantitative estimate of drug-likeness (QED) is 0.208. The largest absolute Gasteiger partial charge is 0.142 e. The van der Waals surface area contributed by atoms with Gasteiger partial charge in [0.2, 0.25) is 0 Å². The van der Waals surface area contributed by atoms with Gasteiger partial charge in [-0.15, -0.1) is 56.7 Å². The van der Waals surface area contributed by atoms with Crippen molar-refractivity contribution < 1.29 is 0 Å². The van der Waals surface area contributed by atoms with Gasteiger partial charge in [0, 0.05) is 39.0 Å². The van der Waals surface area contributed by atoms with E-state index in [0.717, 1.165) is 0 Å². The Balaban J connectivity index is 1.65. The Kier molecular flexibility index (Phi) is 6.55. The minimum absolute atomic E-state index is 1.40. The van der Waals surface area contributed by atoms with Crippen LogP contribution in [0.3, 0.4) is 0 Å². The van der Waals surface area contributed by atoms with Crippen LogP contribution in [0, 0.1) is 69.2 Å². The second-order valence-electron chi connectivity index (χ2n) is 9.78. The van der Waals surface area contributed by atoms with Crippen LogP contribution in [0.1, 0.15) is 55.6 Å². The van der Waals surface area contributed by atoms with Crippen LogP contribution in [0.4, 0.5) is 0 Å². The first-order valence-electron chi connectivity index (χ1n) is 11.9. The van der Waals surface area contributed by atoms with E-state index in [0.29, 0.717) is 0 Å². The smallest absolute Gasteiger partial charge is 0.0484 e. The summed E-state index contributed by atoms with van der Waals surface area (Å²) >= 11 is 9.77. The van der Waals surface area contributed by atoms with Gasteiger partial charge in [-0.05, 0) is 136 Å². The number of hydrogen-bond donors (Lipinski definition) is 0. The van der Waals surface area contributed by atoms with Crippen LogP contribution < -0.4 is 0 Å². The van der Waals surface area contributed by atoms with E-state index in [1.165, 1.54) is 94.7 Å². The van der Waals surface area contributed by atoms with Crippen molar-refractivity contribution in [3.63, 3.8) is 0 Å². The number of aryl methyl sites for hydroxylation is 2. The Morgan fingerprint density at radius 1 is 0.314 bits per heavy atom. The highest BCUT2D eigenvalue weighted by Gasteiger charge is 2.25. The Labute approximate surface area is 230 Å². The third-order valence-corrected chi connectivity index (χ3v) is 15.0. The number of hydrogen-bond acceptors (Lipinski definition) is 5. The highest BCUT2D eigenvalue weighted by Crippen LogP contribution is 2.53. The van der Waals surface area contributed by atoms with E-state index in [1.54, 1.807) is 0 Å². The van der Waals surface area contributed by atoms with Gasteiger partial charge >= 0.3 is 0 Å². The van der Waals surface area contributed by atoms with Crippen molar-refractivity contribution >= 4 is 56.7 Å². The molecule has 5 heteroatoms. The zero-order chi connectivity index (χ0) is 25.3. The van der Waals surface area contributed by atoms with Crippen LogP contribution >= 0.6 is 56.7 Å². The van der Waals surface area contributed by atoms with Gasteiger partial charge in [0.15, 0.2) is 0 Å². The molecule has 182 valence electrons. The molecule has 0 atom stereocenters. The summed E-state index contributed by atoms with van der Waals surface area (Å²) in [4.78, 5) is 11.6. The third-order valence-electron chi connectivity index (χ3n) is 7.74. The van der Waals surface area contributed by atoms with Crippen molar-refractivity contribution in [3.05, 3.63) is 66.4 Å². The van der Waals surface area contributed by atoms with Crippen LogP contribution in [0.15, 0.2) is 10.8 Å². The van der Waals surface area contributed by atoms with Crippen molar-refractivity contribution in [3.8, 4) is 39.0 Å². The zero-order valence-electron chi connectivity index (χ0n) is 22.2.